The molecule has 0 aliphatic carbocycles. The maximum atomic E-state index is 14.8. The van der Waals surface area contributed by atoms with Gasteiger partial charge in [0.25, 0.3) is 12.0 Å². The molecule has 0 saturated carbocycles. The highest BCUT2D eigenvalue weighted by Gasteiger charge is 2.43. The average molecular weight is 544 g/mol. The predicted octanol–water partition coefficient (Wildman–Crippen LogP) is 4.02. The number of hydrogen-bond donors (Lipinski definition) is 2. The molecule has 3 heterocycles. The minimum Gasteiger partial charge on any atom is -0.444 e. The Bertz CT molecular complexity index is 1530. The molecule has 2 aromatic heterocycles. The molecule has 0 spiro atoms. The van der Waals surface area contributed by atoms with Gasteiger partial charge in [-0.1, -0.05) is 24.1 Å². The lowest BCUT2D eigenvalue weighted by Crippen LogP contribution is -2.41. The van der Waals surface area contributed by atoms with Crippen molar-refractivity contribution < 1.29 is 27.8 Å². The van der Waals surface area contributed by atoms with Gasteiger partial charge in [0.2, 0.25) is 0 Å². The fraction of sp³-hybridized carbons (Fsp3) is 0.407. The quantitative estimate of drug-likeness (QED) is 0.468. The number of amides is 1. The molecule has 3 aromatic rings. The number of rotatable bonds is 5. The Morgan fingerprint density at radius 3 is 2.62 bits per heavy atom. The van der Waals surface area contributed by atoms with Gasteiger partial charge >= 0.3 is 6.09 Å². The van der Waals surface area contributed by atoms with Crippen LogP contribution >= 0.6 is 0 Å². The number of anilines is 1. The Hall–Kier alpha value is -4.11. The zero-order valence-corrected chi connectivity index (χ0v) is 21.8. The van der Waals surface area contributed by atoms with Crippen LogP contribution < -0.4 is 10.9 Å². The summed E-state index contributed by atoms with van der Waals surface area (Å²) < 4.78 is 48.0. The van der Waals surface area contributed by atoms with Crippen LogP contribution in [-0.4, -0.2) is 49.3 Å². The first-order valence-electron chi connectivity index (χ1n) is 12.1. The van der Waals surface area contributed by atoms with Crippen LogP contribution in [0.5, 0.6) is 0 Å². The molecule has 1 aliphatic rings. The number of aryl methyl sites for hydroxylation is 1. The highest BCUT2D eigenvalue weighted by Crippen LogP contribution is 2.34. The maximum absolute atomic E-state index is 14.8. The number of ether oxygens (including phenoxy) is 1. The summed E-state index contributed by atoms with van der Waals surface area (Å²) in [6.45, 7) is 5.14. The van der Waals surface area contributed by atoms with Crippen LogP contribution in [0.25, 0.3) is 11.0 Å². The number of terminal acetylenes is 1. The van der Waals surface area contributed by atoms with Crippen molar-refractivity contribution in [2.75, 3.05) is 18.4 Å². The summed E-state index contributed by atoms with van der Waals surface area (Å²) in [6.07, 6.45) is 3.21. The van der Waals surface area contributed by atoms with Crippen molar-refractivity contribution in [3.63, 3.8) is 0 Å². The number of nitrogens with zero attached hydrogens (tertiary/aromatic N) is 4. The van der Waals surface area contributed by atoms with E-state index in [1.54, 1.807) is 20.8 Å². The number of carbonyl (C=O) groups excluding carboxylic acids is 1. The molecule has 1 fully saturated rings. The number of benzene rings is 1. The number of fused-ring (bicyclic) bond motifs is 1. The van der Waals surface area contributed by atoms with E-state index in [9.17, 15) is 27.9 Å². The number of β-amino-alcohol motifs (C(OH)–C–C–N with tert-alkyl or cyclic N) is 1. The first kappa shape index (κ1) is 27.9. The summed E-state index contributed by atoms with van der Waals surface area (Å²) in [5.74, 6) is 1.29. The lowest BCUT2D eigenvalue weighted by atomic mass is 9.93. The van der Waals surface area contributed by atoms with Crippen LogP contribution in [0.2, 0.25) is 0 Å². The minimum atomic E-state index is -3.03. The molecular formula is C27H28F3N5O4. The van der Waals surface area contributed by atoms with Crippen molar-refractivity contribution in [1.29, 1.82) is 0 Å². The van der Waals surface area contributed by atoms with Gasteiger partial charge in [0, 0.05) is 25.6 Å². The van der Waals surface area contributed by atoms with Crippen molar-refractivity contribution >= 4 is 22.9 Å². The predicted molar refractivity (Wildman–Crippen MR) is 138 cm³/mol. The van der Waals surface area contributed by atoms with Crippen LogP contribution in [0.3, 0.4) is 0 Å². The number of aliphatic hydroxyl groups is 1. The summed E-state index contributed by atoms with van der Waals surface area (Å²) >= 11 is 0. The van der Waals surface area contributed by atoms with Gasteiger partial charge in [0.1, 0.15) is 40.9 Å². The number of alkyl halides is 2. The number of aromatic nitrogens is 3. The lowest BCUT2D eigenvalue weighted by molar-refractivity contribution is 0.0135. The highest BCUT2D eigenvalue weighted by atomic mass is 19.3. The molecule has 9 nitrogen and oxygen atoms in total. The van der Waals surface area contributed by atoms with Gasteiger partial charge in [0.15, 0.2) is 0 Å². The largest absolute Gasteiger partial charge is 0.444 e. The van der Waals surface area contributed by atoms with Crippen LogP contribution in [0.15, 0.2) is 35.4 Å². The Morgan fingerprint density at radius 2 is 1.97 bits per heavy atom. The van der Waals surface area contributed by atoms with E-state index in [-0.39, 0.29) is 47.5 Å². The second kappa shape index (κ2) is 10.2. The van der Waals surface area contributed by atoms with Gasteiger partial charge < -0.3 is 20.1 Å². The van der Waals surface area contributed by atoms with E-state index in [1.165, 1.54) is 34.7 Å². The third-order valence-electron chi connectivity index (χ3n) is 6.46. The topological polar surface area (TPSA) is 110 Å². The zero-order valence-electron chi connectivity index (χ0n) is 21.8. The molecule has 1 saturated heterocycles. The van der Waals surface area contributed by atoms with E-state index in [0.717, 1.165) is 12.4 Å². The highest BCUT2D eigenvalue weighted by molar-refractivity contribution is 5.87. The summed E-state index contributed by atoms with van der Waals surface area (Å²) in [6, 6.07) is 3.74. The van der Waals surface area contributed by atoms with Crippen molar-refractivity contribution in [1.82, 2.24) is 19.4 Å². The van der Waals surface area contributed by atoms with Crippen molar-refractivity contribution in [2.24, 2.45) is 7.05 Å². The van der Waals surface area contributed by atoms with Crippen molar-refractivity contribution in [3.8, 4) is 12.3 Å². The van der Waals surface area contributed by atoms with Gasteiger partial charge in [-0.25, -0.2) is 27.9 Å². The summed E-state index contributed by atoms with van der Waals surface area (Å²) in [5.41, 5.74) is -3.77. The van der Waals surface area contributed by atoms with Crippen LogP contribution in [0, 0.1) is 18.2 Å². The number of pyridine rings is 1. The van der Waals surface area contributed by atoms with E-state index >= 15 is 0 Å². The minimum absolute atomic E-state index is 0.00968. The molecule has 1 aromatic carbocycles. The van der Waals surface area contributed by atoms with Crippen molar-refractivity contribution in [2.45, 2.75) is 50.9 Å². The molecule has 39 heavy (non-hydrogen) atoms. The van der Waals surface area contributed by atoms with E-state index in [2.05, 4.69) is 21.2 Å². The van der Waals surface area contributed by atoms with Gasteiger partial charge in [-0.05, 0) is 26.8 Å². The first-order valence-corrected chi connectivity index (χ1v) is 12.1. The third-order valence-corrected chi connectivity index (χ3v) is 6.46. The molecule has 12 heteroatoms. The number of hydrogen-bond acceptors (Lipinski definition) is 7. The lowest BCUT2D eigenvalue weighted by Gasteiger charge is -2.27. The second-order valence-electron chi connectivity index (χ2n) is 10.4. The van der Waals surface area contributed by atoms with E-state index < -0.39 is 46.7 Å². The van der Waals surface area contributed by atoms with Gasteiger partial charge in [-0.2, -0.15) is 0 Å². The second-order valence-corrected chi connectivity index (χ2v) is 10.4. The standard InChI is InChI=1S/C27H28F3N5O4/c1-6-19(15-8-7-9-16(20(15)28)21(29)30)33-22-17-12-18(24(36)34(5)23(17)32-14-31-22)27(38)10-11-35(13-27)25(37)39-26(2,3)4/h1,7-9,12,14,19,21,38H,10-11,13H2,2-5H3,(H,31,32,33)/t19-,27?/m1/s1. The van der Waals surface area contributed by atoms with Gasteiger partial charge in [-0.15, -0.1) is 6.42 Å². The maximum Gasteiger partial charge on any atom is 0.410 e. The fourth-order valence-corrected chi connectivity index (χ4v) is 4.52. The van der Waals surface area contributed by atoms with Crippen LogP contribution in [0.1, 0.15) is 56.3 Å². The number of nitrogens with one attached hydrogen (secondary N) is 1. The molecule has 206 valence electrons. The van der Waals surface area contributed by atoms with E-state index in [0.29, 0.717) is 0 Å². The Labute approximate surface area is 222 Å². The molecule has 1 amide bonds. The molecule has 0 bridgehead atoms. The molecule has 2 N–H and O–H groups in total. The average Bonchev–Trinajstić information content (AvgIpc) is 3.27. The van der Waals surface area contributed by atoms with E-state index in [4.69, 9.17) is 11.2 Å². The van der Waals surface area contributed by atoms with E-state index in [1.807, 2.05) is 0 Å². The summed E-state index contributed by atoms with van der Waals surface area (Å²) in [7, 11) is 1.46. The SMILES string of the molecule is C#C[C@@H](Nc1ncnc2c1cc(C1(O)CCN(C(=O)OC(C)(C)C)C1)c(=O)n2C)c1cccc(C(F)F)c1F. The van der Waals surface area contributed by atoms with Crippen molar-refractivity contribution in [3.05, 3.63) is 63.5 Å². The van der Waals surface area contributed by atoms with Gasteiger partial charge in [-0.3, -0.25) is 9.36 Å². The normalized spacial score (nSPS) is 18.3. The number of carbonyl (C=O) groups is 1. The number of halogens is 3. The molecule has 0 radical (unpaired) electrons. The molecule has 1 unspecified atom stereocenters. The summed E-state index contributed by atoms with van der Waals surface area (Å²) in [4.78, 5) is 35.5. The molecule has 1 aliphatic heterocycles. The Morgan fingerprint density at radius 1 is 1.28 bits per heavy atom. The summed E-state index contributed by atoms with van der Waals surface area (Å²) in [5, 5.41) is 14.6. The van der Waals surface area contributed by atoms with Crippen LogP contribution in [0.4, 0.5) is 23.8 Å². The Kier molecular flexibility index (Phi) is 7.32. The third kappa shape index (κ3) is 5.40. The fourth-order valence-electron chi connectivity index (χ4n) is 4.52. The smallest absolute Gasteiger partial charge is 0.410 e. The molecular weight excluding hydrogens is 515 g/mol. The number of likely N-dealkylation sites (tertiary alicyclic amines) is 1. The molecule has 2 atom stereocenters. The molecule has 4 rings (SSSR count). The first-order chi connectivity index (χ1) is 18.3. The van der Waals surface area contributed by atoms with Crippen LogP contribution in [-0.2, 0) is 17.4 Å². The van der Waals surface area contributed by atoms with Gasteiger partial charge in [0.05, 0.1) is 23.1 Å². The zero-order chi connectivity index (χ0) is 28.7. The monoisotopic (exact) mass is 543 g/mol. The Balaban J connectivity index is 1.74.